The van der Waals surface area contributed by atoms with Crippen molar-refractivity contribution in [2.24, 2.45) is 0 Å². The molecule has 0 amide bonds. The Labute approximate surface area is 129 Å². The van der Waals surface area contributed by atoms with E-state index in [0.29, 0.717) is 0 Å². The third-order valence-electron chi connectivity index (χ3n) is 0.534. The molecule has 0 unspecified atom stereocenters. The van der Waals surface area contributed by atoms with Gasteiger partial charge in [0.15, 0.2) is 0 Å². The summed E-state index contributed by atoms with van der Waals surface area (Å²) >= 11 is 0. The van der Waals surface area contributed by atoms with Crippen molar-refractivity contribution in [1.82, 2.24) is 0 Å². The Kier molecular flexibility index (Phi) is 15.1. The van der Waals surface area contributed by atoms with E-state index in [4.69, 9.17) is 9.11 Å². The molecular weight excluding hydrogens is 377 g/mol. The first-order chi connectivity index (χ1) is 6.12. The average molecular weight is 390 g/mol. The van der Waals surface area contributed by atoms with E-state index in [1.807, 2.05) is 0 Å². The first-order valence-electron chi connectivity index (χ1n) is 3.36. The van der Waals surface area contributed by atoms with Crippen molar-refractivity contribution < 1.29 is 34.3 Å². The van der Waals surface area contributed by atoms with Crippen molar-refractivity contribution in [3.8, 4) is 0 Å². The van der Waals surface area contributed by atoms with Gasteiger partial charge in [0.05, 0.1) is 13.2 Å². The molecule has 8 nitrogen and oxygen atoms in total. The summed E-state index contributed by atoms with van der Waals surface area (Å²) < 4.78 is 61.3. The van der Waals surface area contributed by atoms with Crippen molar-refractivity contribution in [3.63, 3.8) is 0 Å². The van der Waals surface area contributed by atoms with Crippen LogP contribution in [0.1, 0.15) is 13.8 Å². The molecule has 0 aliphatic carbocycles. The third kappa shape index (κ3) is 31.3. The van der Waals surface area contributed by atoms with Crippen molar-refractivity contribution in [3.05, 3.63) is 0 Å². The van der Waals surface area contributed by atoms with E-state index in [0.717, 1.165) is 0 Å². The van der Waals surface area contributed by atoms with Crippen LogP contribution in [0.25, 0.3) is 0 Å². The second-order valence-corrected chi connectivity index (χ2v) is 3.85. The summed E-state index contributed by atoms with van der Waals surface area (Å²) in [7, 11) is -8.35. The standard InChI is InChI=1S/2C2H6O4S.Ba/c2*1-2-6-7(3,4)5;/h2*2H2,1H3,(H,3,4,5);. The second kappa shape index (κ2) is 10.5. The fraction of sp³-hybridized carbons (Fsp3) is 1.00. The molecule has 11 heteroatoms. The van der Waals surface area contributed by atoms with Crippen molar-refractivity contribution in [1.29, 1.82) is 0 Å². The van der Waals surface area contributed by atoms with Crippen LogP contribution in [0.2, 0.25) is 0 Å². The van der Waals surface area contributed by atoms with Crippen LogP contribution < -0.4 is 0 Å². The molecule has 0 rings (SSSR count). The Morgan fingerprint density at radius 2 is 1.07 bits per heavy atom. The minimum Gasteiger partial charge on any atom is -0.264 e. The zero-order valence-electron chi connectivity index (χ0n) is 8.28. The van der Waals surface area contributed by atoms with Gasteiger partial charge in [0.25, 0.3) is 0 Å². The Morgan fingerprint density at radius 3 is 1.07 bits per heavy atom. The summed E-state index contributed by atoms with van der Waals surface area (Å²) in [6.45, 7) is 2.87. The minimum absolute atomic E-state index is 0. The molecule has 0 spiro atoms. The van der Waals surface area contributed by atoms with Crippen LogP contribution >= 0.6 is 0 Å². The Morgan fingerprint density at radius 1 is 0.867 bits per heavy atom. The number of hydrogen-bond donors (Lipinski definition) is 2. The summed E-state index contributed by atoms with van der Waals surface area (Å²) in [5.74, 6) is 0. The molecule has 0 heterocycles. The monoisotopic (exact) mass is 390 g/mol. The maximum atomic E-state index is 9.56. The normalized spacial score (nSPS) is 10.9. The maximum absolute atomic E-state index is 9.56. The molecule has 0 atom stereocenters. The van der Waals surface area contributed by atoms with E-state index in [1.54, 1.807) is 0 Å². The second-order valence-electron chi connectivity index (χ2n) is 1.67. The van der Waals surface area contributed by atoms with Gasteiger partial charge in [-0.1, -0.05) is 0 Å². The van der Waals surface area contributed by atoms with Crippen LogP contribution in [-0.4, -0.2) is 88.0 Å². The van der Waals surface area contributed by atoms with Crippen LogP contribution in [0, 0.1) is 0 Å². The fourth-order valence-corrected chi connectivity index (χ4v) is 0.894. The predicted molar refractivity (Wildman–Crippen MR) is 52.1 cm³/mol. The zero-order valence-corrected chi connectivity index (χ0v) is 14.4. The van der Waals surface area contributed by atoms with E-state index < -0.39 is 20.8 Å². The van der Waals surface area contributed by atoms with Gasteiger partial charge in [-0.2, -0.15) is 16.8 Å². The molecule has 0 fully saturated rings. The predicted octanol–water partition coefficient (Wildman–Crippen LogP) is -0.729. The smallest absolute Gasteiger partial charge is 0.264 e. The molecule has 0 aliphatic rings. The van der Waals surface area contributed by atoms with E-state index in [9.17, 15) is 16.8 Å². The Hall–Kier alpha value is 1.31. The summed E-state index contributed by atoms with van der Waals surface area (Å²) in [4.78, 5) is 0. The topological polar surface area (TPSA) is 127 Å². The minimum atomic E-state index is -4.17. The van der Waals surface area contributed by atoms with Gasteiger partial charge in [-0.3, -0.25) is 9.11 Å². The molecular formula is C4H12BaO8S2. The van der Waals surface area contributed by atoms with Crippen LogP contribution in [0.4, 0.5) is 0 Å². The molecule has 0 aromatic carbocycles. The number of hydrogen-bond acceptors (Lipinski definition) is 6. The molecule has 0 bridgehead atoms. The molecule has 2 radical (unpaired) electrons. The van der Waals surface area contributed by atoms with Crippen LogP contribution in [0.5, 0.6) is 0 Å². The maximum Gasteiger partial charge on any atom is 0.397 e. The molecule has 0 aromatic heterocycles. The Balaban J connectivity index is -0.000000180. The van der Waals surface area contributed by atoms with Gasteiger partial charge in [0.1, 0.15) is 0 Å². The van der Waals surface area contributed by atoms with Crippen LogP contribution in [-0.2, 0) is 29.2 Å². The molecule has 0 saturated carbocycles. The largest absolute Gasteiger partial charge is 0.397 e. The molecule has 0 aromatic rings. The van der Waals surface area contributed by atoms with Gasteiger partial charge in [-0.25, -0.2) is 8.37 Å². The molecule has 90 valence electrons. The first-order valence-corrected chi connectivity index (χ1v) is 6.09. The number of rotatable bonds is 4. The van der Waals surface area contributed by atoms with Crippen LogP contribution in [0.15, 0.2) is 0 Å². The van der Waals surface area contributed by atoms with Crippen molar-refractivity contribution in [2.45, 2.75) is 13.8 Å². The van der Waals surface area contributed by atoms with Gasteiger partial charge < -0.3 is 0 Å². The van der Waals surface area contributed by atoms with Crippen LogP contribution in [0.3, 0.4) is 0 Å². The molecule has 15 heavy (non-hydrogen) atoms. The van der Waals surface area contributed by atoms with E-state index in [2.05, 4.69) is 8.37 Å². The zero-order chi connectivity index (χ0) is 11.8. The SMILES string of the molecule is CCOS(=O)(=O)O.CCOS(=O)(=O)O.[Ba]. The van der Waals surface area contributed by atoms with E-state index >= 15 is 0 Å². The van der Waals surface area contributed by atoms with Gasteiger partial charge >= 0.3 is 20.8 Å². The van der Waals surface area contributed by atoms with E-state index in [1.165, 1.54) is 13.8 Å². The Bertz CT molecular complexity index is 285. The summed E-state index contributed by atoms with van der Waals surface area (Å²) in [5, 5.41) is 0. The van der Waals surface area contributed by atoms with Crippen molar-refractivity contribution >= 4 is 69.7 Å². The van der Waals surface area contributed by atoms with E-state index in [-0.39, 0.29) is 62.1 Å². The van der Waals surface area contributed by atoms with Gasteiger partial charge in [0.2, 0.25) is 0 Å². The third-order valence-corrected chi connectivity index (χ3v) is 1.60. The fourth-order valence-electron chi connectivity index (χ4n) is 0.298. The quantitative estimate of drug-likeness (QED) is 0.476. The first kappa shape index (κ1) is 21.6. The van der Waals surface area contributed by atoms with Gasteiger partial charge in [-0.15, -0.1) is 0 Å². The molecule has 0 aliphatic heterocycles. The van der Waals surface area contributed by atoms with Crippen molar-refractivity contribution in [2.75, 3.05) is 13.2 Å². The van der Waals surface area contributed by atoms with Gasteiger partial charge in [0, 0.05) is 48.9 Å². The summed E-state index contributed by atoms with van der Waals surface area (Å²) in [5.41, 5.74) is 0. The molecule has 0 saturated heterocycles. The van der Waals surface area contributed by atoms with Gasteiger partial charge in [-0.05, 0) is 13.8 Å². The summed E-state index contributed by atoms with van der Waals surface area (Å²) in [6, 6.07) is 0. The average Bonchev–Trinajstić information content (AvgIpc) is 1.81. The summed E-state index contributed by atoms with van der Waals surface area (Å²) in [6.07, 6.45) is 0. The molecule has 2 N–H and O–H groups in total.